The molecular formula is C11H14BrNO3. The molecule has 1 aromatic rings. The number of carboxylic acid groups (broad SMARTS) is 1. The lowest BCUT2D eigenvalue weighted by atomic mass is 10.0. The monoisotopic (exact) mass is 287 g/mol. The molecule has 0 radical (unpaired) electrons. The lowest BCUT2D eigenvalue weighted by Gasteiger charge is -2.13. The van der Waals surface area contributed by atoms with Crippen molar-refractivity contribution in [1.82, 2.24) is 0 Å². The zero-order valence-electron chi connectivity index (χ0n) is 9.16. The van der Waals surface area contributed by atoms with Gasteiger partial charge in [0.25, 0.3) is 0 Å². The van der Waals surface area contributed by atoms with E-state index in [1.165, 1.54) is 0 Å². The second-order valence-electron chi connectivity index (χ2n) is 3.51. The van der Waals surface area contributed by atoms with Crippen LogP contribution in [0.5, 0.6) is 5.75 Å². The average Bonchev–Trinajstić information content (AvgIpc) is 2.25. The van der Waals surface area contributed by atoms with E-state index in [-0.39, 0.29) is 0 Å². The summed E-state index contributed by atoms with van der Waals surface area (Å²) in [4.78, 5) is 10.7. The molecule has 1 unspecified atom stereocenters. The molecule has 0 amide bonds. The molecule has 0 aliphatic rings. The average molecular weight is 288 g/mol. The van der Waals surface area contributed by atoms with E-state index in [0.29, 0.717) is 6.42 Å². The van der Waals surface area contributed by atoms with Crippen molar-refractivity contribution in [3.8, 4) is 5.75 Å². The Balaban J connectivity index is 2.99. The van der Waals surface area contributed by atoms with Gasteiger partial charge in [-0.1, -0.05) is 6.07 Å². The van der Waals surface area contributed by atoms with E-state index in [0.717, 1.165) is 21.3 Å². The van der Waals surface area contributed by atoms with Gasteiger partial charge in [-0.25, -0.2) is 0 Å². The van der Waals surface area contributed by atoms with E-state index in [1.54, 1.807) is 13.2 Å². The molecule has 0 heterocycles. The van der Waals surface area contributed by atoms with Crippen LogP contribution in [0.1, 0.15) is 11.1 Å². The summed E-state index contributed by atoms with van der Waals surface area (Å²) in [6, 6.07) is 2.75. The molecule has 1 rings (SSSR count). The van der Waals surface area contributed by atoms with Crippen LogP contribution >= 0.6 is 15.9 Å². The van der Waals surface area contributed by atoms with Gasteiger partial charge >= 0.3 is 5.97 Å². The number of hydrogen-bond donors (Lipinski definition) is 2. The van der Waals surface area contributed by atoms with E-state index in [1.807, 2.05) is 13.0 Å². The predicted molar refractivity (Wildman–Crippen MR) is 64.7 cm³/mol. The minimum atomic E-state index is -0.994. The van der Waals surface area contributed by atoms with Gasteiger partial charge in [0.2, 0.25) is 0 Å². The second-order valence-corrected chi connectivity index (χ2v) is 4.31. The molecule has 3 N–H and O–H groups in total. The summed E-state index contributed by atoms with van der Waals surface area (Å²) >= 11 is 3.40. The molecule has 1 atom stereocenters. The van der Waals surface area contributed by atoms with Gasteiger partial charge in [0.15, 0.2) is 0 Å². The zero-order valence-corrected chi connectivity index (χ0v) is 10.7. The van der Waals surface area contributed by atoms with Crippen LogP contribution in [-0.2, 0) is 11.2 Å². The lowest BCUT2D eigenvalue weighted by molar-refractivity contribution is -0.138. The predicted octanol–water partition coefficient (Wildman–Crippen LogP) is 1.72. The number of benzene rings is 1. The van der Waals surface area contributed by atoms with Gasteiger partial charge in [0, 0.05) is 0 Å². The van der Waals surface area contributed by atoms with Crippen molar-refractivity contribution in [3.05, 3.63) is 27.7 Å². The molecule has 0 spiro atoms. The van der Waals surface area contributed by atoms with Crippen LogP contribution in [0.3, 0.4) is 0 Å². The third-order valence-corrected chi connectivity index (χ3v) is 3.43. The molecule has 0 aliphatic carbocycles. The van der Waals surface area contributed by atoms with Crippen molar-refractivity contribution >= 4 is 21.9 Å². The molecule has 1 aromatic carbocycles. The first-order valence-corrected chi connectivity index (χ1v) is 5.57. The SMILES string of the molecule is COc1ccc(CC(N)C(=O)O)c(C)c1Br. The maximum absolute atomic E-state index is 10.7. The Morgan fingerprint density at radius 3 is 2.75 bits per heavy atom. The maximum Gasteiger partial charge on any atom is 0.320 e. The van der Waals surface area contributed by atoms with Crippen molar-refractivity contribution in [2.75, 3.05) is 7.11 Å². The van der Waals surface area contributed by atoms with Crippen molar-refractivity contribution < 1.29 is 14.6 Å². The van der Waals surface area contributed by atoms with Crippen LogP contribution in [0.2, 0.25) is 0 Å². The highest BCUT2D eigenvalue weighted by Gasteiger charge is 2.15. The summed E-state index contributed by atoms with van der Waals surface area (Å²) in [5.74, 6) is -0.267. The highest BCUT2D eigenvalue weighted by molar-refractivity contribution is 9.10. The second kappa shape index (κ2) is 5.32. The first kappa shape index (κ1) is 13.0. The Hall–Kier alpha value is -1.07. The van der Waals surface area contributed by atoms with Crippen LogP contribution in [0.15, 0.2) is 16.6 Å². The summed E-state index contributed by atoms with van der Waals surface area (Å²) in [5.41, 5.74) is 7.35. The molecule has 0 saturated heterocycles. The van der Waals surface area contributed by atoms with Gasteiger partial charge in [-0.05, 0) is 46.5 Å². The quantitative estimate of drug-likeness (QED) is 0.885. The highest BCUT2D eigenvalue weighted by Crippen LogP contribution is 2.30. The number of carbonyl (C=O) groups is 1. The van der Waals surface area contributed by atoms with Crippen LogP contribution in [0.4, 0.5) is 0 Å². The largest absolute Gasteiger partial charge is 0.496 e. The van der Waals surface area contributed by atoms with Crippen molar-refractivity contribution in [2.24, 2.45) is 5.73 Å². The number of aliphatic carboxylic acids is 1. The lowest BCUT2D eigenvalue weighted by Crippen LogP contribution is -2.32. The molecular weight excluding hydrogens is 274 g/mol. The molecule has 88 valence electrons. The first-order chi connectivity index (χ1) is 7.47. The van der Waals surface area contributed by atoms with Gasteiger partial charge in [0.1, 0.15) is 11.8 Å². The number of rotatable bonds is 4. The fourth-order valence-corrected chi connectivity index (χ4v) is 1.95. The summed E-state index contributed by atoms with van der Waals surface area (Å²) in [6.45, 7) is 1.90. The van der Waals surface area contributed by atoms with Gasteiger partial charge in [-0.15, -0.1) is 0 Å². The summed E-state index contributed by atoms with van der Waals surface area (Å²) in [5, 5.41) is 8.74. The first-order valence-electron chi connectivity index (χ1n) is 4.77. The normalized spacial score (nSPS) is 12.2. The molecule has 16 heavy (non-hydrogen) atoms. The smallest absolute Gasteiger partial charge is 0.320 e. The molecule has 5 heteroatoms. The van der Waals surface area contributed by atoms with Crippen LogP contribution in [0.25, 0.3) is 0 Å². The molecule has 0 bridgehead atoms. The minimum absolute atomic E-state index is 0.309. The highest BCUT2D eigenvalue weighted by atomic mass is 79.9. The third-order valence-electron chi connectivity index (χ3n) is 2.44. The fourth-order valence-electron chi connectivity index (χ4n) is 1.40. The molecule has 0 fully saturated rings. The minimum Gasteiger partial charge on any atom is -0.496 e. The zero-order chi connectivity index (χ0) is 12.3. The molecule has 4 nitrogen and oxygen atoms in total. The van der Waals surface area contributed by atoms with Crippen LogP contribution in [0, 0.1) is 6.92 Å². The molecule has 0 aromatic heterocycles. The van der Waals surface area contributed by atoms with Crippen molar-refractivity contribution in [2.45, 2.75) is 19.4 Å². The number of nitrogens with two attached hydrogens (primary N) is 1. The number of methoxy groups -OCH3 is 1. The van der Waals surface area contributed by atoms with E-state index >= 15 is 0 Å². The topological polar surface area (TPSA) is 72.5 Å². The standard InChI is InChI=1S/C11H14BrNO3/c1-6-7(5-8(13)11(14)15)3-4-9(16-2)10(6)12/h3-4,8H,5,13H2,1-2H3,(H,14,15). The summed E-state index contributed by atoms with van der Waals surface area (Å²) in [6.07, 6.45) is 0.309. The Morgan fingerprint density at radius 1 is 1.62 bits per heavy atom. The number of hydrogen-bond acceptors (Lipinski definition) is 3. The Labute approximate surface area is 103 Å². The fraction of sp³-hybridized carbons (Fsp3) is 0.364. The van der Waals surface area contributed by atoms with E-state index in [2.05, 4.69) is 15.9 Å². The van der Waals surface area contributed by atoms with Crippen LogP contribution in [-0.4, -0.2) is 24.2 Å². The van der Waals surface area contributed by atoms with Crippen LogP contribution < -0.4 is 10.5 Å². The Morgan fingerprint density at radius 2 is 2.25 bits per heavy atom. The van der Waals surface area contributed by atoms with E-state index in [9.17, 15) is 4.79 Å². The Bertz CT molecular complexity index is 406. The van der Waals surface area contributed by atoms with Gasteiger partial charge in [0.05, 0.1) is 11.6 Å². The van der Waals surface area contributed by atoms with Gasteiger partial charge in [-0.2, -0.15) is 0 Å². The third kappa shape index (κ3) is 2.74. The van der Waals surface area contributed by atoms with E-state index in [4.69, 9.17) is 15.6 Å². The number of carboxylic acids is 1. The van der Waals surface area contributed by atoms with Crippen molar-refractivity contribution in [1.29, 1.82) is 0 Å². The van der Waals surface area contributed by atoms with Crippen molar-refractivity contribution in [3.63, 3.8) is 0 Å². The summed E-state index contributed by atoms with van der Waals surface area (Å²) < 4.78 is 5.98. The number of ether oxygens (including phenoxy) is 1. The molecule has 0 saturated carbocycles. The Kier molecular flexibility index (Phi) is 4.32. The van der Waals surface area contributed by atoms with E-state index < -0.39 is 12.0 Å². The number of halogens is 1. The maximum atomic E-state index is 10.7. The van der Waals surface area contributed by atoms with Gasteiger partial charge < -0.3 is 15.6 Å². The molecule has 0 aliphatic heterocycles. The summed E-state index contributed by atoms with van der Waals surface area (Å²) in [7, 11) is 1.59. The van der Waals surface area contributed by atoms with Gasteiger partial charge in [-0.3, -0.25) is 4.79 Å².